The fourth-order valence-electron chi connectivity index (χ4n) is 3.09. The number of ether oxygens (including phenoxy) is 1. The topological polar surface area (TPSA) is 50.7 Å². The first-order valence-electron chi connectivity index (χ1n) is 10.1. The van der Waals surface area contributed by atoms with Crippen molar-refractivity contribution < 1.29 is 31.5 Å². The molecule has 3 aromatic carbocycles. The Labute approximate surface area is 187 Å². The lowest BCUT2D eigenvalue weighted by molar-refractivity contribution is -0.137. The zero-order valence-corrected chi connectivity index (χ0v) is 17.6. The lowest BCUT2D eigenvalue weighted by atomic mass is 10.1. The molecule has 0 bridgehead atoms. The Balaban J connectivity index is 1.73. The van der Waals surface area contributed by atoms with Crippen LogP contribution in [0.25, 0.3) is 10.8 Å². The van der Waals surface area contributed by atoms with Gasteiger partial charge in [-0.2, -0.15) is 13.2 Å². The van der Waals surface area contributed by atoms with E-state index in [9.17, 15) is 26.7 Å². The molecule has 33 heavy (non-hydrogen) atoms. The minimum absolute atomic E-state index is 0.247. The number of carbonyl (C=O) groups is 1. The van der Waals surface area contributed by atoms with Crippen LogP contribution >= 0.6 is 0 Å². The standard InChI is InChI=1S/C24H21F5N2O2/c1-15(11-12-30-14-22(25)26)31-23(32)17-5-10-20-16(13-17)3-2-4-21(20)33-19-8-6-18(7-9-19)24(27,28)29/h2-10,13,22,30H,11-12,14H2,1H3. The highest BCUT2D eigenvalue weighted by atomic mass is 19.4. The van der Waals surface area contributed by atoms with E-state index in [-0.39, 0.29) is 12.3 Å². The molecule has 0 saturated heterocycles. The van der Waals surface area contributed by atoms with Gasteiger partial charge in [0.15, 0.2) is 0 Å². The average Bonchev–Trinajstić information content (AvgIpc) is 2.76. The first-order valence-corrected chi connectivity index (χ1v) is 10.1. The molecule has 0 spiro atoms. The third-order valence-corrected chi connectivity index (χ3v) is 4.75. The first kappa shape index (κ1) is 24.3. The van der Waals surface area contributed by atoms with Gasteiger partial charge in [0.2, 0.25) is 0 Å². The summed E-state index contributed by atoms with van der Waals surface area (Å²) in [5, 5.41) is 3.94. The summed E-state index contributed by atoms with van der Waals surface area (Å²) < 4.78 is 68.2. The van der Waals surface area contributed by atoms with E-state index in [0.717, 1.165) is 12.1 Å². The van der Waals surface area contributed by atoms with Crippen molar-refractivity contribution in [1.82, 2.24) is 5.32 Å². The van der Waals surface area contributed by atoms with Crippen LogP contribution in [0, 0.1) is 0 Å². The Morgan fingerprint density at radius 3 is 2.45 bits per heavy atom. The average molecular weight is 464 g/mol. The molecular weight excluding hydrogens is 443 g/mol. The van der Waals surface area contributed by atoms with Crippen LogP contribution in [0.3, 0.4) is 0 Å². The van der Waals surface area contributed by atoms with E-state index in [2.05, 4.69) is 10.3 Å². The number of halogens is 5. The van der Waals surface area contributed by atoms with Crippen molar-refractivity contribution in [3.63, 3.8) is 0 Å². The lowest BCUT2D eigenvalue weighted by Crippen LogP contribution is -2.23. The van der Waals surface area contributed by atoms with E-state index in [4.69, 9.17) is 4.74 Å². The van der Waals surface area contributed by atoms with Crippen molar-refractivity contribution in [2.45, 2.75) is 25.9 Å². The number of nitrogens with one attached hydrogen (secondary N) is 1. The van der Waals surface area contributed by atoms with Crippen molar-refractivity contribution in [3.05, 3.63) is 71.8 Å². The zero-order valence-electron chi connectivity index (χ0n) is 17.6. The van der Waals surface area contributed by atoms with Gasteiger partial charge in [0, 0.05) is 23.2 Å². The van der Waals surface area contributed by atoms with Gasteiger partial charge in [-0.1, -0.05) is 12.1 Å². The highest BCUT2D eigenvalue weighted by molar-refractivity contribution is 6.05. The molecule has 9 heteroatoms. The number of rotatable bonds is 8. The third kappa shape index (κ3) is 6.82. The van der Waals surface area contributed by atoms with Crippen LogP contribution < -0.4 is 10.1 Å². The molecule has 0 aliphatic carbocycles. The molecule has 0 heterocycles. The fourth-order valence-corrected chi connectivity index (χ4v) is 3.09. The van der Waals surface area contributed by atoms with E-state index in [0.29, 0.717) is 34.2 Å². The summed E-state index contributed by atoms with van der Waals surface area (Å²) in [4.78, 5) is 16.5. The second-order valence-electron chi connectivity index (χ2n) is 7.31. The van der Waals surface area contributed by atoms with Crippen LogP contribution in [0.5, 0.6) is 11.5 Å². The predicted molar refractivity (Wildman–Crippen MR) is 116 cm³/mol. The van der Waals surface area contributed by atoms with Crippen molar-refractivity contribution in [3.8, 4) is 11.5 Å². The molecule has 0 unspecified atom stereocenters. The van der Waals surface area contributed by atoms with Gasteiger partial charge in [0.05, 0.1) is 12.1 Å². The Hall–Kier alpha value is -3.33. The molecule has 0 aliphatic rings. The zero-order chi connectivity index (χ0) is 24.0. The van der Waals surface area contributed by atoms with Crippen LogP contribution in [-0.4, -0.2) is 31.1 Å². The summed E-state index contributed by atoms with van der Waals surface area (Å²) in [5.41, 5.74) is 0.0897. The van der Waals surface area contributed by atoms with Crippen LogP contribution in [-0.2, 0) is 6.18 Å². The van der Waals surface area contributed by atoms with E-state index < -0.39 is 30.6 Å². The summed E-state index contributed by atoms with van der Waals surface area (Å²) in [6.45, 7) is 1.52. The maximum Gasteiger partial charge on any atom is 0.416 e. The first-order chi connectivity index (χ1) is 15.6. The van der Waals surface area contributed by atoms with Crippen LogP contribution in [0.4, 0.5) is 22.0 Å². The number of aliphatic imine (C=N–C) groups is 1. The molecule has 1 amide bonds. The third-order valence-electron chi connectivity index (χ3n) is 4.75. The molecule has 0 atom stereocenters. The van der Waals surface area contributed by atoms with Crippen molar-refractivity contribution >= 4 is 22.4 Å². The number of fused-ring (bicyclic) bond motifs is 1. The molecular formula is C24H21F5N2O2. The monoisotopic (exact) mass is 464 g/mol. The Bertz CT molecular complexity index is 1140. The van der Waals surface area contributed by atoms with Gasteiger partial charge < -0.3 is 10.1 Å². The van der Waals surface area contributed by atoms with Gasteiger partial charge in [-0.25, -0.2) is 13.8 Å². The molecule has 3 aromatic rings. The van der Waals surface area contributed by atoms with E-state index in [1.165, 1.54) is 12.1 Å². The number of alkyl halides is 5. The Morgan fingerprint density at radius 1 is 1.06 bits per heavy atom. The van der Waals surface area contributed by atoms with Gasteiger partial charge in [0.25, 0.3) is 12.3 Å². The summed E-state index contributed by atoms with van der Waals surface area (Å²) in [7, 11) is 0. The largest absolute Gasteiger partial charge is 0.457 e. The minimum Gasteiger partial charge on any atom is -0.457 e. The van der Waals surface area contributed by atoms with Crippen molar-refractivity contribution in [1.29, 1.82) is 0 Å². The maximum atomic E-state index is 12.7. The minimum atomic E-state index is -4.43. The van der Waals surface area contributed by atoms with Gasteiger partial charge in [0.1, 0.15) is 11.5 Å². The summed E-state index contributed by atoms with van der Waals surface area (Å²) in [6, 6.07) is 14.4. The smallest absolute Gasteiger partial charge is 0.416 e. The van der Waals surface area contributed by atoms with E-state index in [1.54, 1.807) is 43.3 Å². The molecule has 4 nitrogen and oxygen atoms in total. The SMILES string of the molecule is CC(CCNCC(F)F)=NC(=O)c1ccc2c(Oc3ccc(C(F)(F)F)cc3)cccc2c1. The second kappa shape index (κ2) is 10.5. The molecule has 0 radical (unpaired) electrons. The summed E-state index contributed by atoms with van der Waals surface area (Å²) >= 11 is 0. The highest BCUT2D eigenvalue weighted by Crippen LogP contribution is 2.33. The molecule has 0 aliphatic heterocycles. The summed E-state index contributed by atoms with van der Waals surface area (Å²) in [5.74, 6) is 0.213. The van der Waals surface area contributed by atoms with Crippen molar-refractivity contribution in [2.75, 3.05) is 13.1 Å². The van der Waals surface area contributed by atoms with Gasteiger partial charge in [-0.05, 0) is 67.3 Å². The molecule has 0 fully saturated rings. The van der Waals surface area contributed by atoms with Crippen LogP contribution in [0.15, 0.2) is 65.7 Å². The highest BCUT2D eigenvalue weighted by Gasteiger charge is 2.30. The molecule has 174 valence electrons. The van der Waals surface area contributed by atoms with Crippen LogP contribution in [0.2, 0.25) is 0 Å². The van der Waals surface area contributed by atoms with Gasteiger partial charge in [-0.15, -0.1) is 0 Å². The van der Waals surface area contributed by atoms with E-state index in [1.807, 2.05) is 0 Å². The van der Waals surface area contributed by atoms with Crippen LogP contribution in [0.1, 0.15) is 29.3 Å². The number of benzene rings is 3. The number of carbonyl (C=O) groups excluding carboxylic acids is 1. The lowest BCUT2D eigenvalue weighted by Gasteiger charge is -2.11. The number of hydrogen-bond donors (Lipinski definition) is 1. The molecule has 1 N–H and O–H groups in total. The van der Waals surface area contributed by atoms with Gasteiger partial charge in [-0.3, -0.25) is 4.79 Å². The number of amides is 1. The molecule has 0 saturated carbocycles. The van der Waals surface area contributed by atoms with Gasteiger partial charge >= 0.3 is 6.18 Å². The number of hydrogen-bond acceptors (Lipinski definition) is 3. The normalized spacial score (nSPS) is 12.4. The molecule has 0 aromatic heterocycles. The van der Waals surface area contributed by atoms with Crippen molar-refractivity contribution in [2.24, 2.45) is 4.99 Å². The quantitative estimate of drug-likeness (QED) is 0.235. The summed E-state index contributed by atoms with van der Waals surface area (Å²) in [6.07, 6.45) is -6.50. The Kier molecular flexibility index (Phi) is 7.75. The fraction of sp³-hybridized carbons (Fsp3) is 0.250. The second-order valence-corrected chi connectivity index (χ2v) is 7.31. The number of nitrogens with zero attached hydrogens (tertiary/aromatic N) is 1. The molecule has 3 rings (SSSR count). The van der Waals surface area contributed by atoms with E-state index >= 15 is 0 Å². The Morgan fingerprint density at radius 2 is 1.79 bits per heavy atom. The maximum absolute atomic E-state index is 12.7. The predicted octanol–water partition coefficient (Wildman–Crippen LogP) is 6.50.